The van der Waals surface area contributed by atoms with Crippen molar-refractivity contribution in [3.63, 3.8) is 0 Å². The molecule has 2 fully saturated rings. The topological polar surface area (TPSA) is 52.0 Å². The molecule has 2 aliphatic rings. The fourth-order valence-corrected chi connectivity index (χ4v) is 5.04. The predicted octanol–water partition coefficient (Wildman–Crippen LogP) is 3.79. The Labute approximate surface area is 126 Å². The van der Waals surface area contributed by atoms with Gasteiger partial charge in [0.2, 0.25) is 0 Å². The normalized spacial score (nSPS) is 41.7. The largest absolute Gasteiger partial charge is 0.328 e. The van der Waals surface area contributed by atoms with Crippen LogP contribution in [0.15, 0.2) is 0 Å². The highest BCUT2D eigenvalue weighted by Gasteiger charge is 2.51. The number of rotatable bonds is 5. The Hall–Kier alpha value is -0.0800. The third-order valence-corrected chi connectivity index (χ3v) is 6.38. The molecule has 2 aliphatic carbocycles. The summed E-state index contributed by atoms with van der Waals surface area (Å²) in [6.45, 7) is 11.7. The Kier molecular flexibility index (Phi) is 4.86. The zero-order chi connectivity index (χ0) is 15.1. The van der Waals surface area contributed by atoms with Crippen molar-refractivity contribution in [3.8, 4) is 0 Å². The van der Waals surface area contributed by atoms with Crippen molar-refractivity contribution in [3.05, 3.63) is 0 Å². The lowest BCUT2D eigenvalue weighted by Crippen LogP contribution is -2.52. The molecule has 0 amide bonds. The molecule has 4 N–H and O–H groups in total. The minimum absolute atomic E-state index is 0.284. The summed E-state index contributed by atoms with van der Waals surface area (Å²) in [7, 11) is 0. The molecule has 0 aromatic rings. The number of hydrogen-bond acceptors (Lipinski definition) is 2. The molecule has 6 atom stereocenters. The maximum atomic E-state index is 6.77. The van der Waals surface area contributed by atoms with Gasteiger partial charge in [-0.2, -0.15) is 0 Å². The van der Waals surface area contributed by atoms with Gasteiger partial charge in [0.05, 0.1) is 0 Å². The highest BCUT2D eigenvalue weighted by Crippen LogP contribution is 2.56. The molecule has 0 aromatic heterocycles. The second-order valence-corrected chi connectivity index (χ2v) is 8.61. The van der Waals surface area contributed by atoms with Gasteiger partial charge in [0.15, 0.2) is 0 Å². The molecule has 0 heterocycles. The van der Waals surface area contributed by atoms with E-state index in [0.717, 1.165) is 11.8 Å². The molecule has 0 spiro atoms. The second kappa shape index (κ2) is 5.96. The van der Waals surface area contributed by atoms with Crippen LogP contribution in [0.25, 0.3) is 0 Å². The Morgan fingerprint density at radius 2 is 1.80 bits per heavy atom. The van der Waals surface area contributed by atoms with E-state index in [1.54, 1.807) is 0 Å². The predicted molar refractivity (Wildman–Crippen MR) is 87.3 cm³/mol. The van der Waals surface area contributed by atoms with Crippen molar-refractivity contribution in [2.45, 2.75) is 78.8 Å². The summed E-state index contributed by atoms with van der Waals surface area (Å²) in [6, 6.07) is 0.665. The summed E-state index contributed by atoms with van der Waals surface area (Å²) in [6.07, 6.45) is 6.68. The molecule has 6 unspecified atom stereocenters. The van der Waals surface area contributed by atoms with Crippen molar-refractivity contribution in [1.29, 1.82) is 0 Å². The van der Waals surface area contributed by atoms with Gasteiger partial charge in [0.25, 0.3) is 0 Å². The lowest BCUT2D eigenvalue weighted by Gasteiger charge is -2.49. The van der Waals surface area contributed by atoms with E-state index in [1.807, 2.05) is 0 Å². The van der Waals surface area contributed by atoms with E-state index in [9.17, 15) is 0 Å². The van der Waals surface area contributed by atoms with Gasteiger partial charge in [-0.3, -0.25) is 0 Å². The Bertz CT molecular complexity index is 313. The van der Waals surface area contributed by atoms with Gasteiger partial charge in [-0.1, -0.05) is 27.7 Å². The lowest BCUT2D eigenvalue weighted by atomic mass is 9.59. The smallest absolute Gasteiger partial charge is 0.0124 e. The fraction of sp³-hybridized carbons (Fsp3) is 1.00. The lowest BCUT2D eigenvalue weighted by molar-refractivity contribution is 0.0434. The molecule has 2 rings (SSSR count). The van der Waals surface area contributed by atoms with Crippen LogP contribution in [0.3, 0.4) is 0 Å². The molecule has 2 heteroatoms. The van der Waals surface area contributed by atoms with Gasteiger partial charge >= 0.3 is 0 Å². The molecule has 2 saturated carbocycles. The first-order valence-electron chi connectivity index (χ1n) is 8.76. The monoisotopic (exact) mass is 280 g/mol. The van der Waals surface area contributed by atoms with E-state index >= 15 is 0 Å². The van der Waals surface area contributed by atoms with E-state index < -0.39 is 0 Å². The van der Waals surface area contributed by atoms with Crippen molar-refractivity contribution >= 4 is 0 Å². The Morgan fingerprint density at radius 3 is 2.25 bits per heavy atom. The molecule has 0 aliphatic heterocycles. The first-order chi connectivity index (χ1) is 9.25. The highest BCUT2D eigenvalue weighted by molar-refractivity contribution is 5.04. The molecule has 0 bridgehead atoms. The van der Waals surface area contributed by atoms with Crippen LogP contribution in [0, 0.1) is 35.0 Å². The van der Waals surface area contributed by atoms with Crippen LogP contribution < -0.4 is 11.5 Å². The molecule has 118 valence electrons. The average Bonchev–Trinajstić information content (AvgIpc) is 3.15. The third-order valence-electron chi connectivity index (χ3n) is 6.38. The van der Waals surface area contributed by atoms with Gasteiger partial charge < -0.3 is 11.5 Å². The summed E-state index contributed by atoms with van der Waals surface area (Å²) in [5.74, 6) is 3.66. The van der Waals surface area contributed by atoms with Crippen molar-refractivity contribution in [2.24, 2.45) is 46.5 Å². The van der Waals surface area contributed by atoms with Gasteiger partial charge in [-0.25, -0.2) is 0 Å². The Balaban J connectivity index is 2.09. The van der Waals surface area contributed by atoms with E-state index in [0.29, 0.717) is 29.2 Å². The summed E-state index contributed by atoms with van der Waals surface area (Å²) in [5, 5.41) is 0. The molecule has 0 saturated heterocycles. The van der Waals surface area contributed by atoms with Crippen LogP contribution in [-0.2, 0) is 0 Å². The van der Waals surface area contributed by atoms with Crippen molar-refractivity contribution < 1.29 is 0 Å². The number of nitrogens with two attached hydrogens (primary N) is 2. The zero-order valence-electron chi connectivity index (χ0n) is 14.2. The van der Waals surface area contributed by atoms with E-state index in [-0.39, 0.29) is 6.04 Å². The SMILES string of the molecule is CC1CC(CC(C(C)C)C(C)N)C(N)C(C)(C2CC2)C1. The zero-order valence-corrected chi connectivity index (χ0v) is 14.2. The molecule has 0 radical (unpaired) electrons. The summed E-state index contributed by atoms with van der Waals surface area (Å²) in [5.41, 5.74) is 13.4. The second-order valence-electron chi connectivity index (χ2n) is 8.61. The first kappa shape index (κ1) is 16.3. The minimum atomic E-state index is 0.284. The molecular weight excluding hydrogens is 244 g/mol. The van der Waals surface area contributed by atoms with Gasteiger partial charge in [-0.15, -0.1) is 0 Å². The summed E-state index contributed by atoms with van der Waals surface area (Å²) >= 11 is 0. The average molecular weight is 281 g/mol. The van der Waals surface area contributed by atoms with Crippen LogP contribution in [0.2, 0.25) is 0 Å². The summed E-state index contributed by atoms with van der Waals surface area (Å²) < 4.78 is 0. The quantitative estimate of drug-likeness (QED) is 0.805. The molecule has 2 nitrogen and oxygen atoms in total. The van der Waals surface area contributed by atoms with E-state index in [4.69, 9.17) is 11.5 Å². The Morgan fingerprint density at radius 1 is 1.20 bits per heavy atom. The summed E-state index contributed by atoms with van der Waals surface area (Å²) in [4.78, 5) is 0. The van der Waals surface area contributed by atoms with Gasteiger partial charge in [0.1, 0.15) is 0 Å². The van der Waals surface area contributed by atoms with Gasteiger partial charge in [-0.05, 0) is 74.0 Å². The van der Waals surface area contributed by atoms with Crippen LogP contribution in [0.4, 0.5) is 0 Å². The standard InChI is InChI=1S/C18H36N2/c1-11(2)16(13(4)19)9-14-8-12(3)10-18(5,17(14)20)15-6-7-15/h11-17H,6-10,19-20H2,1-5H3. The first-order valence-corrected chi connectivity index (χ1v) is 8.76. The maximum Gasteiger partial charge on any atom is 0.0124 e. The maximum absolute atomic E-state index is 6.77. The van der Waals surface area contributed by atoms with Crippen LogP contribution in [-0.4, -0.2) is 12.1 Å². The highest BCUT2D eigenvalue weighted by atomic mass is 14.8. The van der Waals surface area contributed by atoms with E-state index in [1.165, 1.54) is 32.1 Å². The molecule has 0 aromatic carbocycles. The molecule has 20 heavy (non-hydrogen) atoms. The van der Waals surface area contributed by atoms with Crippen LogP contribution >= 0.6 is 0 Å². The number of hydrogen-bond donors (Lipinski definition) is 2. The van der Waals surface area contributed by atoms with Gasteiger partial charge in [0, 0.05) is 12.1 Å². The van der Waals surface area contributed by atoms with Crippen LogP contribution in [0.1, 0.15) is 66.7 Å². The fourth-order valence-electron chi connectivity index (χ4n) is 5.04. The van der Waals surface area contributed by atoms with E-state index in [2.05, 4.69) is 34.6 Å². The minimum Gasteiger partial charge on any atom is -0.328 e. The van der Waals surface area contributed by atoms with Crippen molar-refractivity contribution in [1.82, 2.24) is 0 Å². The van der Waals surface area contributed by atoms with Crippen molar-refractivity contribution in [2.75, 3.05) is 0 Å². The third kappa shape index (κ3) is 3.22. The van der Waals surface area contributed by atoms with Crippen LogP contribution in [0.5, 0.6) is 0 Å². The molecular formula is C18H36N2.